The lowest BCUT2D eigenvalue weighted by molar-refractivity contribution is 0.206. The van der Waals surface area contributed by atoms with Gasteiger partial charge < -0.3 is 18.9 Å². The first kappa shape index (κ1) is 34.1. The molecule has 238 valence electrons. The maximum atomic E-state index is 14.1. The molecule has 0 spiro atoms. The normalized spacial score (nSPS) is 11.8. The van der Waals surface area contributed by atoms with Crippen molar-refractivity contribution >= 4 is 34.1 Å². The first-order chi connectivity index (χ1) is 21.7. The number of hydrogen-bond donors (Lipinski definition) is 0. The summed E-state index contributed by atoms with van der Waals surface area (Å²) in [5.41, 5.74) is 2.55. The SMILES string of the molecule is COc1cc(OC)c(/C=C/S(=O)(=O)Cc2ccc(OC)c(SP(=O)(OCc3ccccc3)OCc3ccccc3)c2)c(OC)c1. The Kier molecular flexibility index (Phi) is 12.2. The van der Waals surface area contributed by atoms with Gasteiger partial charge in [-0.3, -0.25) is 9.05 Å². The molecule has 0 atom stereocenters. The van der Waals surface area contributed by atoms with E-state index in [1.807, 2.05) is 60.7 Å². The van der Waals surface area contributed by atoms with Crippen LogP contribution in [0.1, 0.15) is 22.3 Å². The largest absolute Gasteiger partial charge is 0.496 e. The van der Waals surface area contributed by atoms with Crippen molar-refractivity contribution < 1.29 is 41.0 Å². The fraction of sp³-hybridized carbons (Fsp3) is 0.212. The Labute approximate surface area is 268 Å². The topological polar surface area (TPSA) is 107 Å². The van der Waals surface area contributed by atoms with E-state index in [1.165, 1.54) is 34.5 Å². The molecule has 0 aliphatic heterocycles. The summed E-state index contributed by atoms with van der Waals surface area (Å²) in [6, 6.07) is 26.8. The van der Waals surface area contributed by atoms with E-state index in [4.69, 9.17) is 28.0 Å². The number of methoxy groups -OCH3 is 4. The van der Waals surface area contributed by atoms with E-state index in [1.54, 1.807) is 30.3 Å². The third-order valence-corrected chi connectivity index (χ3v) is 11.3. The number of benzene rings is 4. The van der Waals surface area contributed by atoms with E-state index < -0.39 is 16.6 Å². The summed E-state index contributed by atoms with van der Waals surface area (Å²) in [5, 5.41) is 1.10. The van der Waals surface area contributed by atoms with Gasteiger partial charge in [-0.15, -0.1) is 0 Å². The lowest BCUT2D eigenvalue weighted by Gasteiger charge is -2.19. The van der Waals surface area contributed by atoms with Crippen LogP contribution in [-0.4, -0.2) is 36.9 Å². The molecule has 0 amide bonds. The van der Waals surface area contributed by atoms with Crippen LogP contribution in [0.5, 0.6) is 23.0 Å². The van der Waals surface area contributed by atoms with Gasteiger partial charge in [0.1, 0.15) is 23.0 Å². The van der Waals surface area contributed by atoms with Gasteiger partial charge in [-0.1, -0.05) is 66.7 Å². The molecule has 4 aromatic rings. The lowest BCUT2D eigenvalue weighted by Crippen LogP contribution is -2.02. The predicted molar refractivity (Wildman–Crippen MR) is 177 cm³/mol. The number of rotatable bonds is 16. The summed E-state index contributed by atoms with van der Waals surface area (Å²) in [4.78, 5) is 0.414. The molecule has 0 heterocycles. The van der Waals surface area contributed by atoms with Crippen LogP contribution in [0.2, 0.25) is 0 Å². The van der Waals surface area contributed by atoms with Gasteiger partial charge in [-0.25, -0.2) is 13.0 Å². The van der Waals surface area contributed by atoms with Crippen LogP contribution >= 0.6 is 18.2 Å². The van der Waals surface area contributed by atoms with Crippen molar-refractivity contribution in [3.05, 3.63) is 119 Å². The third kappa shape index (κ3) is 9.88. The van der Waals surface area contributed by atoms with Crippen LogP contribution in [0.15, 0.2) is 101 Å². The number of hydrogen-bond acceptors (Lipinski definition) is 10. The summed E-state index contributed by atoms with van der Waals surface area (Å²) < 4.78 is 74.0. The molecule has 0 N–H and O–H groups in total. The van der Waals surface area contributed by atoms with Crippen molar-refractivity contribution in [2.75, 3.05) is 28.4 Å². The maximum absolute atomic E-state index is 14.1. The Balaban J connectivity index is 1.58. The highest BCUT2D eigenvalue weighted by atomic mass is 32.7. The number of sulfone groups is 1. The molecule has 0 aromatic heterocycles. The Morgan fingerprint density at radius 1 is 0.667 bits per heavy atom. The molecule has 0 radical (unpaired) electrons. The molecule has 0 bridgehead atoms. The van der Waals surface area contributed by atoms with Crippen molar-refractivity contribution in [1.29, 1.82) is 0 Å². The highest BCUT2D eigenvalue weighted by Crippen LogP contribution is 2.66. The maximum Gasteiger partial charge on any atom is 0.394 e. The summed E-state index contributed by atoms with van der Waals surface area (Å²) in [7, 11) is 2.17. The van der Waals surface area contributed by atoms with Crippen LogP contribution in [0.25, 0.3) is 6.08 Å². The Morgan fingerprint density at radius 3 is 1.69 bits per heavy atom. The van der Waals surface area contributed by atoms with Crippen LogP contribution < -0.4 is 18.9 Å². The van der Waals surface area contributed by atoms with E-state index in [0.29, 0.717) is 39.0 Å². The van der Waals surface area contributed by atoms with Gasteiger partial charge in [-0.05, 0) is 46.3 Å². The zero-order chi connectivity index (χ0) is 32.3. The van der Waals surface area contributed by atoms with Gasteiger partial charge in [0, 0.05) is 17.5 Å². The van der Waals surface area contributed by atoms with Crippen LogP contribution in [0, 0.1) is 0 Å². The molecule has 0 aliphatic rings. The Bertz CT molecular complexity index is 1670. The molecule has 0 saturated heterocycles. The molecule has 0 aliphatic carbocycles. The van der Waals surface area contributed by atoms with Gasteiger partial charge in [0.15, 0.2) is 9.84 Å². The van der Waals surface area contributed by atoms with E-state index in [2.05, 4.69) is 0 Å². The molecular formula is C33H35O9PS2. The molecule has 9 nitrogen and oxygen atoms in total. The average molecular weight is 671 g/mol. The zero-order valence-corrected chi connectivity index (χ0v) is 27.9. The standard InChI is InChI=1S/C33H35O9PS2/c1-37-28-20-31(39-3)29(32(21-28)40-4)17-18-45(35,36)24-27-15-16-30(38-2)33(19-27)44-43(34,41-22-25-11-7-5-8-12-25)42-23-26-13-9-6-10-14-26/h5-21H,22-24H2,1-4H3/b18-17+. The van der Waals surface area contributed by atoms with Crippen molar-refractivity contribution in [2.24, 2.45) is 0 Å². The minimum absolute atomic E-state index is 0.0549. The van der Waals surface area contributed by atoms with E-state index in [-0.39, 0.29) is 19.0 Å². The van der Waals surface area contributed by atoms with Crippen molar-refractivity contribution in [3.8, 4) is 23.0 Å². The van der Waals surface area contributed by atoms with E-state index in [9.17, 15) is 13.0 Å². The highest BCUT2D eigenvalue weighted by Gasteiger charge is 2.29. The average Bonchev–Trinajstić information content (AvgIpc) is 3.06. The van der Waals surface area contributed by atoms with Crippen molar-refractivity contribution in [2.45, 2.75) is 23.9 Å². The number of ether oxygens (including phenoxy) is 4. The van der Waals surface area contributed by atoms with E-state index >= 15 is 0 Å². The molecule has 0 fully saturated rings. The van der Waals surface area contributed by atoms with Crippen LogP contribution in [-0.2, 0) is 42.4 Å². The summed E-state index contributed by atoms with van der Waals surface area (Å²) in [6.45, 7) is -3.72. The minimum Gasteiger partial charge on any atom is -0.496 e. The fourth-order valence-corrected chi connectivity index (χ4v) is 8.54. The smallest absolute Gasteiger partial charge is 0.394 e. The van der Waals surface area contributed by atoms with Crippen LogP contribution in [0.3, 0.4) is 0 Å². The monoisotopic (exact) mass is 670 g/mol. The molecular weight excluding hydrogens is 635 g/mol. The summed E-state index contributed by atoms with van der Waals surface area (Å²) >= 11 is 0.873. The highest BCUT2D eigenvalue weighted by molar-refractivity contribution is 8.55. The second-order valence-electron chi connectivity index (χ2n) is 9.60. The molecule has 45 heavy (non-hydrogen) atoms. The minimum atomic E-state index is -3.83. The quantitative estimate of drug-likeness (QED) is 0.109. The Morgan fingerprint density at radius 2 is 1.20 bits per heavy atom. The predicted octanol–water partition coefficient (Wildman–Crippen LogP) is 7.94. The molecule has 12 heteroatoms. The second-order valence-corrected chi connectivity index (χ2v) is 15.4. The van der Waals surface area contributed by atoms with Gasteiger partial charge in [0.2, 0.25) is 0 Å². The molecule has 0 unspecified atom stereocenters. The summed E-state index contributed by atoms with van der Waals surface area (Å²) in [5.74, 6) is 1.35. The lowest BCUT2D eigenvalue weighted by atomic mass is 10.1. The van der Waals surface area contributed by atoms with Gasteiger partial charge >= 0.3 is 6.80 Å². The van der Waals surface area contributed by atoms with Crippen molar-refractivity contribution in [1.82, 2.24) is 0 Å². The molecule has 4 aromatic carbocycles. The first-order valence-electron chi connectivity index (χ1n) is 13.7. The van der Waals surface area contributed by atoms with Gasteiger partial charge in [0.25, 0.3) is 0 Å². The second kappa shape index (κ2) is 16.0. The van der Waals surface area contributed by atoms with Crippen LogP contribution in [0.4, 0.5) is 0 Å². The Hall–Kier alpha value is -3.73. The zero-order valence-electron chi connectivity index (χ0n) is 25.4. The van der Waals surface area contributed by atoms with Gasteiger partial charge in [-0.2, -0.15) is 0 Å². The molecule has 0 saturated carbocycles. The van der Waals surface area contributed by atoms with Crippen molar-refractivity contribution in [3.63, 3.8) is 0 Å². The first-order valence-corrected chi connectivity index (χ1v) is 18.4. The fourth-order valence-electron chi connectivity index (χ4n) is 4.20. The third-order valence-electron chi connectivity index (χ3n) is 6.47. The van der Waals surface area contributed by atoms with Gasteiger partial charge in [0.05, 0.1) is 57.9 Å². The molecule has 4 rings (SSSR count). The summed E-state index contributed by atoms with van der Waals surface area (Å²) in [6.07, 6.45) is 1.43. The van der Waals surface area contributed by atoms with E-state index in [0.717, 1.165) is 27.9 Å².